The SMILES string of the molecule is O=C(NC(Cc1ccccc1)C(=O)N1CCN(c2ccccc2Cl)CC1)c1ccco1. The van der Waals surface area contributed by atoms with E-state index in [0.29, 0.717) is 37.6 Å². The van der Waals surface area contributed by atoms with Crippen LogP contribution in [0.5, 0.6) is 0 Å². The molecule has 1 saturated heterocycles. The highest BCUT2D eigenvalue weighted by atomic mass is 35.5. The van der Waals surface area contributed by atoms with E-state index in [9.17, 15) is 9.59 Å². The number of amides is 2. The average molecular weight is 438 g/mol. The van der Waals surface area contributed by atoms with Gasteiger partial charge in [-0.1, -0.05) is 54.1 Å². The van der Waals surface area contributed by atoms with Gasteiger partial charge in [0.05, 0.1) is 17.0 Å². The molecule has 31 heavy (non-hydrogen) atoms. The van der Waals surface area contributed by atoms with E-state index in [1.807, 2.05) is 59.5 Å². The molecule has 1 aliphatic heterocycles. The first-order valence-corrected chi connectivity index (χ1v) is 10.7. The summed E-state index contributed by atoms with van der Waals surface area (Å²) in [5.74, 6) is -0.300. The van der Waals surface area contributed by atoms with Crippen LogP contribution in [0, 0.1) is 0 Å². The second-order valence-corrected chi connectivity index (χ2v) is 7.86. The molecular formula is C24H24ClN3O3. The molecule has 1 fully saturated rings. The summed E-state index contributed by atoms with van der Waals surface area (Å²) in [5.41, 5.74) is 1.96. The molecule has 1 aliphatic rings. The van der Waals surface area contributed by atoms with Crippen molar-refractivity contribution in [1.29, 1.82) is 0 Å². The number of carbonyl (C=O) groups excluding carboxylic acids is 2. The van der Waals surface area contributed by atoms with E-state index in [1.54, 1.807) is 12.1 Å². The zero-order valence-electron chi connectivity index (χ0n) is 17.0. The Bertz CT molecular complexity index is 1020. The van der Waals surface area contributed by atoms with E-state index in [0.717, 1.165) is 11.3 Å². The number of anilines is 1. The van der Waals surface area contributed by atoms with Crippen molar-refractivity contribution in [3.63, 3.8) is 0 Å². The van der Waals surface area contributed by atoms with Crippen LogP contribution in [0.25, 0.3) is 0 Å². The Labute approximate surface area is 186 Å². The van der Waals surface area contributed by atoms with Crippen molar-refractivity contribution in [2.24, 2.45) is 0 Å². The van der Waals surface area contributed by atoms with Gasteiger partial charge in [-0.15, -0.1) is 0 Å². The number of piperazine rings is 1. The molecule has 1 unspecified atom stereocenters. The number of para-hydroxylation sites is 1. The molecule has 2 amide bonds. The lowest BCUT2D eigenvalue weighted by atomic mass is 10.0. The Hall–Kier alpha value is -3.25. The number of hydrogen-bond donors (Lipinski definition) is 1. The number of halogens is 1. The Morgan fingerprint density at radius 1 is 0.935 bits per heavy atom. The first kappa shape index (κ1) is 21.0. The van der Waals surface area contributed by atoms with E-state index in [-0.39, 0.29) is 11.7 Å². The third-order valence-electron chi connectivity index (χ3n) is 5.42. The first-order chi connectivity index (χ1) is 15.1. The van der Waals surface area contributed by atoms with Gasteiger partial charge in [0.15, 0.2) is 5.76 Å². The zero-order chi connectivity index (χ0) is 21.6. The molecule has 0 spiro atoms. The third kappa shape index (κ3) is 5.09. The largest absolute Gasteiger partial charge is 0.459 e. The van der Waals surface area contributed by atoms with Crippen LogP contribution in [0.15, 0.2) is 77.4 Å². The predicted molar refractivity (Wildman–Crippen MR) is 120 cm³/mol. The number of nitrogens with one attached hydrogen (secondary N) is 1. The van der Waals surface area contributed by atoms with Crippen molar-refractivity contribution in [3.05, 3.63) is 89.3 Å². The van der Waals surface area contributed by atoms with Crippen LogP contribution in [0.3, 0.4) is 0 Å². The van der Waals surface area contributed by atoms with Crippen molar-refractivity contribution in [1.82, 2.24) is 10.2 Å². The second kappa shape index (κ2) is 9.71. The molecule has 0 saturated carbocycles. The summed E-state index contributed by atoms with van der Waals surface area (Å²) < 4.78 is 5.19. The molecular weight excluding hydrogens is 414 g/mol. The summed E-state index contributed by atoms with van der Waals surface area (Å²) in [5, 5.41) is 3.56. The summed E-state index contributed by atoms with van der Waals surface area (Å²) in [4.78, 5) is 29.9. The van der Waals surface area contributed by atoms with Gasteiger partial charge in [-0.25, -0.2) is 0 Å². The number of hydrogen-bond acceptors (Lipinski definition) is 4. The van der Waals surface area contributed by atoms with Crippen LogP contribution in [0.2, 0.25) is 5.02 Å². The molecule has 1 aromatic heterocycles. The zero-order valence-corrected chi connectivity index (χ0v) is 17.8. The van der Waals surface area contributed by atoms with Crippen LogP contribution in [-0.4, -0.2) is 48.9 Å². The predicted octanol–water partition coefficient (Wildman–Crippen LogP) is 3.62. The molecule has 0 radical (unpaired) electrons. The summed E-state index contributed by atoms with van der Waals surface area (Å²) >= 11 is 6.32. The summed E-state index contributed by atoms with van der Waals surface area (Å²) in [6.07, 6.45) is 1.85. The van der Waals surface area contributed by atoms with E-state index >= 15 is 0 Å². The Morgan fingerprint density at radius 3 is 2.32 bits per heavy atom. The fourth-order valence-electron chi connectivity index (χ4n) is 3.78. The monoisotopic (exact) mass is 437 g/mol. The molecule has 4 rings (SSSR count). The van der Waals surface area contributed by atoms with Gasteiger partial charge in [-0.2, -0.15) is 0 Å². The molecule has 0 bridgehead atoms. The maximum Gasteiger partial charge on any atom is 0.287 e. The number of carbonyl (C=O) groups is 2. The van der Waals surface area contributed by atoms with Crippen LogP contribution < -0.4 is 10.2 Å². The van der Waals surface area contributed by atoms with Gasteiger partial charge in [0.25, 0.3) is 5.91 Å². The maximum absolute atomic E-state index is 13.4. The van der Waals surface area contributed by atoms with E-state index in [1.165, 1.54) is 6.26 Å². The fourth-order valence-corrected chi connectivity index (χ4v) is 4.04. The summed E-state index contributed by atoms with van der Waals surface area (Å²) in [7, 11) is 0. The lowest BCUT2D eigenvalue weighted by Crippen LogP contribution is -2.55. The first-order valence-electron chi connectivity index (χ1n) is 10.3. The van der Waals surface area contributed by atoms with Gasteiger partial charge in [0.1, 0.15) is 6.04 Å². The van der Waals surface area contributed by atoms with Crippen molar-refractivity contribution in [3.8, 4) is 0 Å². The molecule has 3 aromatic rings. The van der Waals surface area contributed by atoms with Crippen molar-refractivity contribution in [2.75, 3.05) is 31.1 Å². The highest BCUT2D eigenvalue weighted by molar-refractivity contribution is 6.33. The van der Waals surface area contributed by atoms with Crippen LogP contribution in [0.1, 0.15) is 16.1 Å². The molecule has 160 valence electrons. The minimum absolute atomic E-state index is 0.0948. The molecule has 6 nitrogen and oxygen atoms in total. The lowest BCUT2D eigenvalue weighted by molar-refractivity contribution is -0.133. The Kier molecular flexibility index (Phi) is 6.57. The van der Waals surface area contributed by atoms with E-state index < -0.39 is 11.9 Å². The average Bonchev–Trinajstić information content (AvgIpc) is 3.35. The fraction of sp³-hybridized carbons (Fsp3) is 0.250. The molecule has 2 heterocycles. The molecule has 0 aliphatic carbocycles. The van der Waals surface area contributed by atoms with Gasteiger partial charge in [0.2, 0.25) is 5.91 Å². The lowest BCUT2D eigenvalue weighted by Gasteiger charge is -2.38. The summed E-state index contributed by atoms with van der Waals surface area (Å²) in [6.45, 7) is 2.48. The number of nitrogens with zero attached hydrogens (tertiary/aromatic N) is 2. The smallest absolute Gasteiger partial charge is 0.287 e. The van der Waals surface area contributed by atoms with Crippen LogP contribution in [0.4, 0.5) is 5.69 Å². The van der Waals surface area contributed by atoms with Gasteiger partial charge in [0, 0.05) is 32.6 Å². The van der Waals surface area contributed by atoms with Crippen molar-refractivity contribution >= 4 is 29.1 Å². The maximum atomic E-state index is 13.4. The Balaban J connectivity index is 1.45. The highest BCUT2D eigenvalue weighted by Gasteiger charge is 2.30. The highest BCUT2D eigenvalue weighted by Crippen LogP contribution is 2.26. The second-order valence-electron chi connectivity index (χ2n) is 7.46. The van der Waals surface area contributed by atoms with Gasteiger partial charge in [-0.05, 0) is 29.8 Å². The number of benzene rings is 2. The quantitative estimate of drug-likeness (QED) is 0.639. The van der Waals surface area contributed by atoms with Crippen molar-refractivity contribution in [2.45, 2.75) is 12.5 Å². The third-order valence-corrected chi connectivity index (χ3v) is 5.74. The van der Waals surface area contributed by atoms with E-state index in [4.69, 9.17) is 16.0 Å². The topological polar surface area (TPSA) is 65.8 Å². The number of rotatable bonds is 6. The van der Waals surface area contributed by atoms with Gasteiger partial charge in [-0.3, -0.25) is 9.59 Å². The van der Waals surface area contributed by atoms with Crippen molar-refractivity contribution < 1.29 is 14.0 Å². The summed E-state index contributed by atoms with van der Waals surface area (Å²) in [6, 6.07) is 20.0. The van der Waals surface area contributed by atoms with Gasteiger partial charge >= 0.3 is 0 Å². The Morgan fingerprint density at radius 2 is 1.65 bits per heavy atom. The molecule has 2 aromatic carbocycles. The minimum atomic E-state index is -0.674. The van der Waals surface area contributed by atoms with E-state index in [2.05, 4.69) is 10.2 Å². The molecule has 7 heteroatoms. The molecule has 1 atom stereocenters. The van der Waals surface area contributed by atoms with Crippen LogP contribution in [-0.2, 0) is 11.2 Å². The standard InChI is InChI=1S/C24H24ClN3O3/c25-19-9-4-5-10-21(19)27-12-14-28(15-13-27)24(30)20(17-18-7-2-1-3-8-18)26-23(29)22-11-6-16-31-22/h1-11,16,20H,12-15,17H2,(H,26,29). The van der Waals surface area contributed by atoms with Gasteiger partial charge < -0.3 is 19.5 Å². The van der Waals surface area contributed by atoms with Crippen LogP contribution >= 0.6 is 11.6 Å². The normalized spacial score (nSPS) is 14.9. The number of furan rings is 1. The minimum Gasteiger partial charge on any atom is -0.459 e. The molecule has 1 N–H and O–H groups in total.